The summed E-state index contributed by atoms with van der Waals surface area (Å²) in [7, 11) is -3.61. The molecule has 104 valence electrons. The van der Waals surface area contributed by atoms with Gasteiger partial charge in [0.25, 0.3) is 10.2 Å². The molecule has 7 nitrogen and oxygen atoms in total. The van der Waals surface area contributed by atoms with Gasteiger partial charge >= 0.3 is 5.97 Å². The molecule has 0 amide bonds. The van der Waals surface area contributed by atoms with Gasteiger partial charge in [0.2, 0.25) is 0 Å². The normalized spacial score (nSPS) is 24.9. The van der Waals surface area contributed by atoms with Gasteiger partial charge in [0.1, 0.15) is 0 Å². The molecule has 0 aromatic rings. The molecule has 1 saturated heterocycles. The summed E-state index contributed by atoms with van der Waals surface area (Å²) in [6, 6.07) is 0. The SMILES string of the molecule is O=C(O)C1CCN(S(=O)(=O)NC2(CO)CC2)CC1. The van der Waals surface area contributed by atoms with Gasteiger partial charge in [-0.2, -0.15) is 17.4 Å². The van der Waals surface area contributed by atoms with Crippen LogP contribution in [-0.4, -0.2) is 54.1 Å². The van der Waals surface area contributed by atoms with Crippen LogP contribution in [0.25, 0.3) is 0 Å². The molecular formula is C10H18N2O5S. The highest BCUT2D eigenvalue weighted by atomic mass is 32.2. The lowest BCUT2D eigenvalue weighted by Crippen LogP contribution is -2.50. The highest BCUT2D eigenvalue weighted by Crippen LogP contribution is 2.36. The van der Waals surface area contributed by atoms with E-state index in [0.29, 0.717) is 25.7 Å². The van der Waals surface area contributed by atoms with Crippen LogP contribution >= 0.6 is 0 Å². The van der Waals surface area contributed by atoms with E-state index >= 15 is 0 Å². The number of carboxylic acid groups (broad SMARTS) is 1. The summed E-state index contributed by atoms with van der Waals surface area (Å²) in [6.45, 7) is 0.236. The Labute approximate surface area is 106 Å². The zero-order valence-corrected chi connectivity index (χ0v) is 10.8. The number of carbonyl (C=O) groups is 1. The standard InChI is InChI=1S/C10H18N2O5S/c13-7-10(3-4-10)11-18(16,17)12-5-1-8(2-6-12)9(14)15/h8,11,13H,1-7H2,(H,14,15). The van der Waals surface area contributed by atoms with Gasteiger partial charge in [-0.15, -0.1) is 0 Å². The van der Waals surface area contributed by atoms with Crippen molar-refractivity contribution in [1.29, 1.82) is 0 Å². The van der Waals surface area contributed by atoms with E-state index in [2.05, 4.69) is 4.72 Å². The Morgan fingerprint density at radius 2 is 1.89 bits per heavy atom. The largest absolute Gasteiger partial charge is 0.481 e. The maximum Gasteiger partial charge on any atom is 0.306 e. The Bertz CT molecular complexity index is 424. The number of aliphatic carboxylic acids is 1. The molecular weight excluding hydrogens is 260 g/mol. The predicted molar refractivity (Wildman–Crippen MR) is 63.0 cm³/mol. The van der Waals surface area contributed by atoms with Crippen molar-refractivity contribution >= 4 is 16.2 Å². The maximum absolute atomic E-state index is 12.0. The van der Waals surface area contributed by atoms with E-state index in [9.17, 15) is 13.2 Å². The minimum absolute atomic E-state index is 0.197. The molecule has 0 atom stereocenters. The monoisotopic (exact) mass is 278 g/mol. The topological polar surface area (TPSA) is 107 Å². The van der Waals surface area contributed by atoms with Gasteiger partial charge in [0.05, 0.1) is 18.1 Å². The Hall–Kier alpha value is -0.700. The fraction of sp³-hybridized carbons (Fsp3) is 0.900. The fourth-order valence-electron chi connectivity index (χ4n) is 2.12. The van der Waals surface area contributed by atoms with Crippen molar-refractivity contribution in [2.75, 3.05) is 19.7 Å². The molecule has 1 heterocycles. The zero-order valence-electron chi connectivity index (χ0n) is 10.0. The molecule has 0 bridgehead atoms. The summed E-state index contributed by atoms with van der Waals surface area (Å²) < 4.78 is 27.8. The molecule has 0 aromatic heterocycles. The first-order chi connectivity index (χ1) is 8.38. The Morgan fingerprint density at radius 3 is 2.28 bits per heavy atom. The molecule has 1 aliphatic heterocycles. The van der Waals surface area contributed by atoms with Gasteiger partial charge in [0.15, 0.2) is 0 Å². The molecule has 0 unspecified atom stereocenters. The van der Waals surface area contributed by atoms with Crippen LogP contribution in [0.4, 0.5) is 0 Å². The smallest absolute Gasteiger partial charge is 0.306 e. The maximum atomic E-state index is 12.0. The molecule has 1 aliphatic carbocycles. The van der Waals surface area contributed by atoms with E-state index in [1.807, 2.05) is 0 Å². The minimum atomic E-state index is -3.61. The first-order valence-corrected chi connectivity index (χ1v) is 7.45. The van der Waals surface area contributed by atoms with E-state index in [-0.39, 0.29) is 19.7 Å². The number of hydrogen-bond acceptors (Lipinski definition) is 4. The van der Waals surface area contributed by atoms with Crippen LogP contribution in [0, 0.1) is 5.92 Å². The minimum Gasteiger partial charge on any atom is -0.481 e. The van der Waals surface area contributed by atoms with E-state index in [1.165, 1.54) is 4.31 Å². The van der Waals surface area contributed by atoms with Gasteiger partial charge in [0, 0.05) is 13.1 Å². The molecule has 0 radical (unpaired) electrons. The van der Waals surface area contributed by atoms with Gasteiger partial charge in [-0.1, -0.05) is 0 Å². The lowest BCUT2D eigenvalue weighted by molar-refractivity contribution is -0.142. The van der Waals surface area contributed by atoms with Crippen molar-refractivity contribution in [3.05, 3.63) is 0 Å². The molecule has 0 aromatic carbocycles. The van der Waals surface area contributed by atoms with Gasteiger partial charge < -0.3 is 10.2 Å². The Balaban J connectivity index is 1.94. The van der Waals surface area contributed by atoms with Crippen LogP contribution in [-0.2, 0) is 15.0 Å². The van der Waals surface area contributed by atoms with Gasteiger partial charge in [-0.05, 0) is 25.7 Å². The lowest BCUT2D eigenvalue weighted by Gasteiger charge is -2.30. The van der Waals surface area contributed by atoms with Crippen molar-refractivity contribution < 1.29 is 23.4 Å². The molecule has 2 rings (SSSR count). The third-order valence-corrected chi connectivity index (χ3v) is 5.38. The van der Waals surface area contributed by atoms with Gasteiger partial charge in [-0.25, -0.2) is 0 Å². The summed E-state index contributed by atoms with van der Waals surface area (Å²) in [5.41, 5.74) is -0.678. The fourth-order valence-corrected chi connectivity index (χ4v) is 3.76. The third-order valence-electron chi connectivity index (χ3n) is 3.64. The number of nitrogens with zero attached hydrogens (tertiary/aromatic N) is 1. The van der Waals surface area contributed by atoms with Crippen molar-refractivity contribution in [1.82, 2.24) is 9.03 Å². The highest BCUT2D eigenvalue weighted by molar-refractivity contribution is 7.87. The van der Waals surface area contributed by atoms with Crippen molar-refractivity contribution in [2.24, 2.45) is 5.92 Å². The summed E-state index contributed by atoms with van der Waals surface area (Å²) >= 11 is 0. The molecule has 1 saturated carbocycles. The molecule has 8 heteroatoms. The van der Waals surface area contributed by atoms with E-state index in [4.69, 9.17) is 10.2 Å². The zero-order chi connectivity index (χ0) is 13.4. The average molecular weight is 278 g/mol. The molecule has 2 aliphatic rings. The van der Waals surface area contributed by atoms with E-state index < -0.39 is 27.6 Å². The third kappa shape index (κ3) is 2.82. The van der Waals surface area contributed by atoms with Crippen molar-refractivity contribution in [2.45, 2.75) is 31.2 Å². The highest BCUT2D eigenvalue weighted by Gasteiger charge is 2.47. The average Bonchev–Trinajstić information content (AvgIpc) is 3.09. The van der Waals surface area contributed by atoms with Crippen molar-refractivity contribution in [3.63, 3.8) is 0 Å². The number of hydrogen-bond donors (Lipinski definition) is 3. The quantitative estimate of drug-likeness (QED) is 0.607. The molecule has 3 N–H and O–H groups in total. The first kappa shape index (κ1) is 13.7. The number of piperidine rings is 1. The summed E-state index contributed by atoms with van der Waals surface area (Å²) in [5.74, 6) is -1.32. The number of rotatable bonds is 5. The number of nitrogens with one attached hydrogen (secondary N) is 1. The number of carboxylic acids is 1. The number of aliphatic hydroxyl groups is 1. The summed E-state index contributed by atoms with van der Waals surface area (Å²) in [6.07, 6.45) is 1.97. The summed E-state index contributed by atoms with van der Waals surface area (Å²) in [5, 5.41) is 18.0. The van der Waals surface area contributed by atoms with Crippen molar-refractivity contribution in [3.8, 4) is 0 Å². The van der Waals surface area contributed by atoms with Crippen LogP contribution in [0.3, 0.4) is 0 Å². The molecule has 2 fully saturated rings. The summed E-state index contributed by atoms with van der Waals surface area (Å²) in [4.78, 5) is 10.8. The van der Waals surface area contributed by atoms with Crippen LogP contribution < -0.4 is 4.72 Å². The predicted octanol–water partition coefficient (Wildman–Crippen LogP) is -0.858. The second-order valence-corrected chi connectivity index (χ2v) is 6.73. The second kappa shape index (κ2) is 4.76. The Morgan fingerprint density at radius 1 is 1.33 bits per heavy atom. The van der Waals surface area contributed by atoms with E-state index in [1.54, 1.807) is 0 Å². The molecule has 0 spiro atoms. The van der Waals surface area contributed by atoms with Crippen LogP contribution in [0.2, 0.25) is 0 Å². The number of aliphatic hydroxyl groups excluding tert-OH is 1. The van der Waals surface area contributed by atoms with Crippen LogP contribution in [0.1, 0.15) is 25.7 Å². The second-order valence-electron chi connectivity index (χ2n) is 5.06. The van der Waals surface area contributed by atoms with Crippen LogP contribution in [0.5, 0.6) is 0 Å². The van der Waals surface area contributed by atoms with Crippen LogP contribution in [0.15, 0.2) is 0 Å². The Kier molecular flexibility index (Phi) is 3.63. The first-order valence-electron chi connectivity index (χ1n) is 6.01. The molecule has 18 heavy (non-hydrogen) atoms. The van der Waals surface area contributed by atoms with E-state index in [0.717, 1.165) is 0 Å². The lowest BCUT2D eigenvalue weighted by atomic mass is 9.99. The van der Waals surface area contributed by atoms with Gasteiger partial charge in [-0.3, -0.25) is 4.79 Å².